The van der Waals surface area contributed by atoms with Crippen LogP contribution in [0.5, 0.6) is 0 Å². The molecule has 0 bridgehead atoms. The van der Waals surface area contributed by atoms with Crippen molar-refractivity contribution in [3.8, 4) is 12.3 Å². The molecule has 0 aliphatic carbocycles. The molecule has 1 rings (SSSR count). The molecule has 4 heteroatoms. The van der Waals surface area contributed by atoms with Crippen LogP contribution in [0.25, 0.3) is 0 Å². The van der Waals surface area contributed by atoms with Gasteiger partial charge in [-0.3, -0.25) is 0 Å². The third-order valence-electron chi connectivity index (χ3n) is 2.26. The quantitative estimate of drug-likeness (QED) is 0.549. The van der Waals surface area contributed by atoms with E-state index in [2.05, 4.69) is 19.8 Å². The zero-order valence-corrected chi connectivity index (χ0v) is 12.1. The molecule has 20 heavy (non-hydrogen) atoms. The SMILES string of the molecule is C#C[C@H](C[C@H](O)CO)OC(O)c1ccccc1.CCC. The molecule has 1 unspecified atom stereocenters. The van der Waals surface area contributed by atoms with Gasteiger partial charge in [0.05, 0.1) is 12.7 Å². The maximum atomic E-state index is 9.75. The average molecular weight is 280 g/mol. The highest BCUT2D eigenvalue weighted by Crippen LogP contribution is 2.17. The van der Waals surface area contributed by atoms with E-state index >= 15 is 0 Å². The fraction of sp³-hybridized carbons (Fsp3) is 0.500. The predicted molar refractivity (Wildman–Crippen MR) is 78.8 cm³/mol. The Hall–Kier alpha value is -1.38. The van der Waals surface area contributed by atoms with Crippen LogP contribution in [0.15, 0.2) is 30.3 Å². The summed E-state index contributed by atoms with van der Waals surface area (Å²) in [4.78, 5) is 0. The molecular formula is C16H24O4. The molecule has 1 aromatic rings. The van der Waals surface area contributed by atoms with Crippen molar-refractivity contribution in [2.45, 2.75) is 45.2 Å². The molecule has 112 valence electrons. The van der Waals surface area contributed by atoms with Crippen LogP contribution in [0.4, 0.5) is 0 Å². The van der Waals surface area contributed by atoms with Crippen LogP contribution in [0.2, 0.25) is 0 Å². The lowest BCUT2D eigenvalue weighted by Gasteiger charge is -2.19. The van der Waals surface area contributed by atoms with Crippen molar-refractivity contribution in [3.63, 3.8) is 0 Å². The van der Waals surface area contributed by atoms with Gasteiger partial charge in [-0.05, 0) is 0 Å². The second-order valence-corrected chi connectivity index (χ2v) is 4.33. The number of ether oxygens (including phenoxy) is 1. The van der Waals surface area contributed by atoms with Gasteiger partial charge < -0.3 is 20.1 Å². The summed E-state index contributed by atoms with van der Waals surface area (Å²) in [7, 11) is 0. The smallest absolute Gasteiger partial charge is 0.182 e. The van der Waals surface area contributed by atoms with Crippen molar-refractivity contribution in [1.82, 2.24) is 0 Å². The fourth-order valence-corrected chi connectivity index (χ4v) is 1.34. The maximum Gasteiger partial charge on any atom is 0.182 e. The van der Waals surface area contributed by atoms with Crippen LogP contribution < -0.4 is 0 Å². The monoisotopic (exact) mass is 280 g/mol. The minimum atomic E-state index is -1.14. The minimum absolute atomic E-state index is 0.0803. The Morgan fingerprint density at radius 3 is 2.20 bits per heavy atom. The third-order valence-corrected chi connectivity index (χ3v) is 2.26. The molecule has 0 amide bonds. The van der Waals surface area contributed by atoms with Gasteiger partial charge >= 0.3 is 0 Å². The molecule has 0 saturated carbocycles. The molecule has 0 aromatic heterocycles. The Balaban J connectivity index is 0.00000110. The zero-order chi connectivity index (χ0) is 15.4. The first-order valence-corrected chi connectivity index (χ1v) is 6.72. The van der Waals surface area contributed by atoms with Gasteiger partial charge in [0.1, 0.15) is 6.10 Å². The molecule has 3 atom stereocenters. The van der Waals surface area contributed by atoms with E-state index in [1.165, 1.54) is 6.42 Å². The van der Waals surface area contributed by atoms with Gasteiger partial charge in [0.25, 0.3) is 0 Å². The highest BCUT2D eigenvalue weighted by molar-refractivity contribution is 5.16. The number of hydrogen-bond acceptors (Lipinski definition) is 4. The van der Waals surface area contributed by atoms with E-state index in [1.54, 1.807) is 24.3 Å². The summed E-state index contributed by atoms with van der Waals surface area (Å²) in [6.45, 7) is 3.86. The van der Waals surface area contributed by atoms with Crippen LogP contribution in [0.1, 0.15) is 38.5 Å². The van der Waals surface area contributed by atoms with Gasteiger partial charge in [-0.15, -0.1) is 6.42 Å². The molecule has 4 nitrogen and oxygen atoms in total. The van der Waals surface area contributed by atoms with Crippen molar-refractivity contribution >= 4 is 0 Å². The fourth-order valence-electron chi connectivity index (χ4n) is 1.34. The van der Waals surface area contributed by atoms with Gasteiger partial charge in [-0.25, -0.2) is 0 Å². The average Bonchev–Trinajstić information content (AvgIpc) is 2.48. The van der Waals surface area contributed by atoms with Crippen LogP contribution >= 0.6 is 0 Å². The second-order valence-electron chi connectivity index (χ2n) is 4.33. The topological polar surface area (TPSA) is 69.9 Å². The van der Waals surface area contributed by atoms with E-state index in [0.717, 1.165) is 0 Å². The lowest BCUT2D eigenvalue weighted by molar-refractivity contribution is -0.132. The van der Waals surface area contributed by atoms with Crippen molar-refractivity contribution in [3.05, 3.63) is 35.9 Å². The molecular weight excluding hydrogens is 256 g/mol. The molecule has 0 aliphatic rings. The van der Waals surface area contributed by atoms with Crippen molar-refractivity contribution < 1.29 is 20.1 Å². The summed E-state index contributed by atoms with van der Waals surface area (Å²) < 4.78 is 5.21. The summed E-state index contributed by atoms with van der Waals surface area (Å²) >= 11 is 0. The Morgan fingerprint density at radius 1 is 1.20 bits per heavy atom. The summed E-state index contributed by atoms with van der Waals surface area (Å²) in [5.74, 6) is 2.31. The largest absolute Gasteiger partial charge is 0.394 e. The van der Waals surface area contributed by atoms with Crippen molar-refractivity contribution in [1.29, 1.82) is 0 Å². The van der Waals surface area contributed by atoms with E-state index in [-0.39, 0.29) is 13.0 Å². The van der Waals surface area contributed by atoms with Crippen LogP contribution in [0, 0.1) is 12.3 Å². The molecule has 0 aliphatic heterocycles. The third kappa shape index (κ3) is 7.93. The molecule has 0 fully saturated rings. The highest BCUT2D eigenvalue weighted by Gasteiger charge is 2.17. The Bertz CT molecular complexity index is 372. The first kappa shape index (κ1) is 18.6. The molecule has 0 saturated heterocycles. The number of aliphatic hydroxyl groups excluding tert-OH is 3. The normalized spacial score (nSPS) is 14.4. The van der Waals surface area contributed by atoms with E-state index in [4.69, 9.17) is 16.3 Å². The predicted octanol–water partition coefficient (Wildman–Crippen LogP) is 1.86. The van der Waals surface area contributed by atoms with Gasteiger partial charge in [0.2, 0.25) is 0 Å². The Kier molecular flexibility index (Phi) is 10.7. The second kappa shape index (κ2) is 11.4. The molecule has 3 N–H and O–H groups in total. The van der Waals surface area contributed by atoms with Gasteiger partial charge in [-0.2, -0.15) is 0 Å². The van der Waals surface area contributed by atoms with E-state index in [0.29, 0.717) is 5.56 Å². The summed E-state index contributed by atoms with van der Waals surface area (Å²) in [6, 6.07) is 8.79. The summed E-state index contributed by atoms with van der Waals surface area (Å²) in [5, 5.41) is 27.7. The van der Waals surface area contributed by atoms with Crippen LogP contribution in [0.3, 0.4) is 0 Å². The molecule has 0 heterocycles. The Morgan fingerprint density at radius 2 is 1.75 bits per heavy atom. The van der Waals surface area contributed by atoms with E-state index in [1.807, 2.05) is 6.07 Å². The minimum Gasteiger partial charge on any atom is -0.394 e. The summed E-state index contributed by atoms with van der Waals surface area (Å²) in [6.07, 6.45) is 3.73. The molecule has 0 radical (unpaired) electrons. The van der Waals surface area contributed by atoms with Gasteiger partial charge in [0, 0.05) is 12.0 Å². The Labute approximate surface area is 121 Å². The number of hydrogen-bond donors (Lipinski definition) is 3. The lowest BCUT2D eigenvalue weighted by Crippen LogP contribution is -2.23. The summed E-state index contributed by atoms with van der Waals surface area (Å²) in [5.41, 5.74) is 0.589. The standard InChI is InChI=1S/C13H16O4.C3H8/c1-2-12(8-11(15)9-14)17-13(16)10-6-4-3-5-7-10;1-3-2/h1,3-7,11-16H,8-9H2;3H2,1-2H3/t11-,12+,13?;/m0./s1. The lowest BCUT2D eigenvalue weighted by atomic mass is 10.1. The number of aliphatic hydroxyl groups is 3. The number of rotatable bonds is 6. The number of benzene rings is 1. The molecule has 1 aromatic carbocycles. The van der Waals surface area contributed by atoms with E-state index < -0.39 is 18.5 Å². The van der Waals surface area contributed by atoms with Gasteiger partial charge in [0.15, 0.2) is 6.29 Å². The first-order valence-electron chi connectivity index (χ1n) is 6.72. The highest BCUT2D eigenvalue weighted by atomic mass is 16.6. The molecule has 0 spiro atoms. The van der Waals surface area contributed by atoms with Crippen molar-refractivity contribution in [2.24, 2.45) is 0 Å². The number of terminal acetylenes is 1. The van der Waals surface area contributed by atoms with Crippen LogP contribution in [-0.4, -0.2) is 34.1 Å². The maximum absolute atomic E-state index is 9.75. The van der Waals surface area contributed by atoms with E-state index in [9.17, 15) is 10.2 Å². The first-order chi connectivity index (χ1) is 9.58. The van der Waals surface area contributed by atoms with Crippen LogP contribution in [-0.2, 0) is 4.74 Å². The van der Waals surface area contributed by atoms with Gasteiger partial charge in [-0.1, -0.05) is 56.5 Å². The van der Waals surface area contributed by atoms with Crippen molar-refractivity contribution in [2.75, 3.05) is 6.61 Å². The zero-order valence-electron chi connectivity index (χ0n) is 12.1.